The molecular formula is C21H31N3O2Si. The highest BCUT2D eigenvalue weighted by atomic mass is 28.3. The predicted molar refractivity (Wildman–Crippen MR) is 111 cm³/mol. The van der Waals surface area contributed by atoms with Crippen molar-refractivity contribution in [1.82, 2.24) is 4.90 Å². The van der Waals surface area contributed by atoms with Gasteiger partial charge in [0.05, 0.1) is 14.2 Å². The number of nitrogens with two attached hydrogens (primary N) is 1. The van der Waals surface area contributed by atoms with Crippen molar-refractivity contribution in [2.75, 3.05) is 14.2 Å². The average Bonchev–Trinajstić information content (AvgIpc) is 3.02. The molecule has 1 aromatic carbocycles. The van der Waals surface area contributed by atoms with Gasteiger partial charge in [-0.25, -0.2) is 4.99 Å². The molecule has 0 saturated heterocycles. The molecule has 1 atom stereocenters. The lowest BCUT2D eigenvalue weighted by Crippen LogP contribution is -2.51. The number of ether oxygens (including phenoxy) is 1. The number of fused-ring (bicyclic) bond motifs is 3. The number of amides is 1. The summed E-state index contributed by atoms with van der Waals surface area (Å²) in [7, 11) is 2.04. The van der Waals surface area contributed by atoms with Gasteiger partial charge >= 0.3 is 0 Å². The largest absolute Gasteiger partial charge is 0.381 e. The Balaban J connectivity index is 1.90. The molecule has 1 saturated carbocycles. The van der Waals surface area contributed by atoms with Crippen LogP contribution < -0.4 is 10.9 Å². The Labute approximate surface area is 163 Å². The van der Waals surface area contributed by atoms with E-state index in [1.807, 2.05) is 0 Å². The number of rotatable bonds is 2. The van der Waals surface area contributed by atoms with E-state index in [4.69, 9.17) is 15.5 Å². The number of carbonyl (C=O) groups excluding carboxylic acids is 1. The maximum Gasteiger partial charge on any atom is 0.262 e. The van der Waals surface area contributed by atoms with Gasteiger partial charge in [-0.1, -0.05) is 43.0 Å². The van der Waals surface area contributed by atoms with Gasteiger partial charge in [-0.15, -0.1) is 0 Å². The Morgan fingerprint density at radius 2 is 1.93 bits per heavy atom. The van der Waals surface area contributed by atoms with E-state index < -0.39 is 13.6 Å². The number of hydrogen-bond donors (Lipinski definition) is 1. The van der Waals surface area contributed by atoms with E-state index in [1.165, 1.54) is 10.8 Å². The molecule has 2 spiro atoms. The van der Waals surface area contributed by atoms with Crippen molar-refractivity contribution in [2.45, 2.75) is 63.4 Å². The maximum atomic E-state index is 13.6. The second kappa shape index (κ2) is 5.91. The van der Waals surface area contributed by atoms with Crippen LogP contribution in [0.5, 0.6) is 0 Å². The highest BCUT2D eigenvalue weighted by Gasteiger charge is 2.66. The van der Waals surface area contributed by atoms with Crippen molar-refractivity contribution in [2.24, 2.45) is 16.1 Å². The summed E-state index contributed by atoms with van der Waals surface area (Å²) < 4.78 is 5.60. The van der Waals surface area contributed by atoms with Gasteiger partial charge in [0.2, 0.25) is 0 Å². The first-order valence-electron chi connectivity index (χ1n) is 9.95. The lowest BCUT2D eigenvalue weighted by atomic mass is 9.61. The fourth-order valence-electron chi connectivity index (χ4n) is 5.39. The summed E-state index contributed by atoms with van der Waals surface area (Å²) in [5, 5.41) is 1.37. The van der Waals surface area contributed by atoms with E-state index in [1.54, 1.807) is 19.1 Å². The van der Waals surface area contributed by atoms with E-state index in [9.17, 15) is 4.79 Å². The summed E-state index contributed by atoms with van der Waals surface area (Å²) in [5.74, 6) is 0.391. The van der Waals surface area contributed by atoms with Crippen molar-refractivity contribution in [3.05, 3.63) is 29.3 Å². The minimum Gasteiger partial charge on any atom is -0.381 e. The van der Waals surface area contributed by atoms with Crippen molar-refractivity contribution >= 4 is 25.1 Å². The van der Waals surface area contributed by atoms with Crippen LogP contribution in [0.3, 0.4) is 0 Å². The summed E-state index contributed by atoms with van der Waals surface area (Å²) in [6, 6.07) is 6.81. The molecular weight excluding hydrogens is 354 g/mol. The van der Waals surface area contributed by atoms with E-state index in [0.29, 0.717) is 5.96 Å². The molecule has 2 aliphatic carbocycles. The van der Waals surface area contributed by atoms with Crippen molar-refractivity contribution in [3.8, 4) is 0 Å². The first-order valence-corrected chi connectivity index (χ1v) is 13.4. The van der Waals surface area contributed by atoms with Gasteiger partial charge in [-0.2, -0.15) is 0 Å². The van der Waals surface area contributed by atoms with Gasteiger partial charge in [0.15, 0.2) is 11.5 Å². The van der Waals surface area contributed by atoms with Crippen molar-refractivity contribution < 1.29 is 9.53 Å². The average molecular weight is 386 g/mol. The molecule has 0 radical (unpaired) electrons. The Hall–Kier alpha value is -1.66. The lowest BCUT2D eigenvalue weighted by Gasteiger charge is -2.45. The molecule has 0 bridgehead atoms. The minimum absolute atomic E-state index is 0.0438. The van der Waals surface area contributed by atoms with Gasteiger partial charge in [0, 0.05) is 19.6 Å². The number of likely N-dealkylation sites (N-methyl/N-ethyl adjacent to an activating group) is 1. The number of nitrogens with zero attached hydrogens (tertiary/aromatic N) is 2. The second-order valence-electron chi connectivity index (χ2n) is 9.56. The maximum absolute atomic E-state index is 13.6. The minimum atomic E-state index is -1.50. The van der Waals surface area contributed by atoms with E-state index >= 15 is 0 Å². The van der Waals surface area contributed by atoms with Crippen LogP contribution in [0.1, 0.15) is 36.8 Å². The normalized spacial score (nSPS) is 33.1. The molecule has 4 rings (SSSR count). The Morgan fingerprint density at radius 1 is 1.26 bits per heavy atom. The van der Waals surface area contributed by atoms with Crippen LogP contribution in [-0.2, 0) is 21.5 Å². The topological polar surface area (TPSA) is 67.9 Å². The highest BCUT2D eigenvalue weighted by molar-refractivity contribution is 6.88. The van der Waals surface area contributed by atoms with Gasteiger partial charge < -0.3 is 10.5 Å². The van der Waals surface area contributed by atoms with Gasteiger partial charge in [0.25, 0.3) is 5.91 Å². The molecule has 1 amide bonds. The van der Waals surface area contributed by atoms with Crippen molar-refractivity contribution in [1.29, 1.82) is 0 Å². The zero-order valence-corrected chi connectivity index (χ0v) is 18.1. The molecule has 1 aromatic rings. The number of guanidine groups is 1. The van der Waals surface area contributed by atoms with Gasteiger partial charge in [0.1, 0.15) is 0 Å². The fourth-order valence-corrected chi connectivity index (χ4v) is 6.55. The molecule has 3 aliphatic rings. The standard InChI is InChI=1S/C21H31N3O2Si/c1-24-18(25)21(23-19(24)22)17-12-16(27(3,4)5)7-6-14(17)13-20(21)10-8-15(26-2)9-11-20/h6-7,12,15H,8-11,13H2,1-5H3,(H2,22,23). The molecule has 1 unspecified atom stereocenters. The number of hydrogen-bond acceptors (Lipinski definition) is 4. The van der Waals surface area contributed by atoms with E-state index in [0.717, 1.165) is 37.7 Å². The smallest absolute Gasteiger partial charge is 0.262 e. The Kier molecular flexibility index (Phi) is 4.09. The molecule has 2 N–H and O–H groups in total. The third-order valence-electron chi connectivity index (χ3n) is 7.13. The number of benzene rings is 1. The van der Waals surface area contributed by atoms with Crippen molar-refractivity contribution in [3.63, 3.8) is 0 Å². The summed E-state index contributed by atoms with van der Waals surface area (Å²) in [6.07, 6.45) is 5.02. The lowest BCUT2D eigenvalue weighted by molar-refractivity contribution is -0.137. The molecule has 27 heavy (non-hydrogen) atoms. The molecule has 1 heterocycles. The summed E-state index contributed by atoms with van der Waals surface area (Å²) in [6.45, 7) is 7.03. The van der Waals surface area contributed by atoms with Crippen LogP contribution >= 0.6 is 0 Å². The zero-order valence-electron chi connectivity index (χ0n) is 17.1. The molecule has 0 aromatic heterocycles. The number of carbonyl (C=O) groups is 1. The molecule has 1 fully saturated rings. The second-order valence-corrected chi connectivity index (χ2v) is 14.6. The Morgan fingerprint density at radius 3 is 2.44 bits per heavy atom. The SMILES string of the molecule is COC1CCC2(CC1)Cc1ccc([Si](C)(C)C)cc1C21N=C(N)N(C)C1=O. The highest BCUT2D eigenvalue weighted by Crippen LogP contribution is 2.61. The molecule has 146 valence electrons. The van der Waals surface area contributed by atoms with Gasteiger partial charge in [-0.3, -0.25) is 9.69 Å². The summed E-state index contributed by atoms with van der Waals surface area (Å²) in [5.41, 5.74) is 7.53. The zero-order chi connectivity index (χ0) is 19.6. The summed E-state index contributed by atoms with van der Waals surface area (Å²) >= 11 is 0. The monoisotopic (exact) mass is 385 g/mol. The third kappa shape index (κ3) is 2.45. The van der Waals surface area contributed by atoms with Crippen LogP contribution in [-0.4, -0.2) is 45.1 Å². The fraction of sp³-hybridized carbons (Fsp3) is 0.619. The first-order chi connectivity index (χ1) is 12.6. The summed E-state index contributed by atoms with van der Waals surface area (Å²) in [4.78, 5) is 20.1. The number of aliphatic imine (C=N–C) groups is 1. The Bertz CT molecular complexity index is 821. The van der Waals surface area contributed by atoms with Crippen LogP contribution in [0.25, 0.3) is 0 Å². The van der Waals surface area contributed by atoms with Crippen LogP contribution in [0.15, 0.2) is 23.2 Å². The van der Waals surface area contributed by atoms with E-state index in [-0.39, 0.29) is 17.4 Å². The molecule has 6 heteroatoms. The third-order valence-corrected chi connectivity index (χ3v) is 9.17. The first kappa shape index (κ1) is 18.7. The van der Waals surface area contributed by atoms with E-state index in [2.05, 4.69) is 37.8 Å². The van der Waals surface area contributed by atoms with Crippen LogP contribution in [0, 0.1) is 5.41 Å². The molecule has 5 nitrogen and oxygen atoms in total. The molecule has 1 aliphatic heterocycles. The number of methoxy groups -OCH3 is 1. The van der Waals surface area contributed by atoms with Gasteiger partial charge in [-0.05, 0) is 43.2 Å². The van der Waals surface area contributed by atoms with Crippen LogP contribution in [0.2, 0.25) is 19.6 Å². The predicted octanol–water partition coefficient (Wildman–Crippen LogP) is 2.35. The van der Waals surface area contributed by atoms with Crippen LogP contribution in [0.4, 0.5) is 0 Å². The quantitative estimate of drug-likeness (QED) is 0.795.